The SMILES string of the molecule is CCN(Cc1cnc[nH]1)c1ccc(Oc2ccc(Cl)cc2)nc1. The van der Waals surface area contributed by atoms with E-state index in [-0.39, 0.29) is 0 Å². The van der Waals surface area contributed by atoms with Crippen LogP contribution in [0.5, 0.6) is 11.6 Å². The summed E-state index contributed by atoms with van der Waals surface area (Å²) in [4.78, 5) is 13.7. The van der Waals surface area contributed by atoms with E-state index in [1.807, 2.05) is 36.7 Å². The Labute approximate surface area is 139 Å². The highest BCUT2D eigenvalue weighted by atomic mass is 35.5. The predicted molar refractivity (Wildman–Crippen MR) is 91.1 cm³/mol. The molecule has 0 fully saturated rings. The summed E-state index contributed by atoms with van der Waals surface area (Å²) in [5.74, 6) is 1.26. The molecule has 0 aliphatic rings. The molecule has 0 atom stereocenters. The molecule has 0 unspecified atom stereocenters. The Morgan fingerprint density at radius 1 is 1.13 bits per heavy atom. The molecule has 0 aliphatic carbocycles. The standard InChI is InChI=1S/C17H17ClN4O/c1-2-22(11-14-9-19-12-21-14)15-5-8-17(20-10-15)23-16-6-3-13(18)4-7-16/h3-10,12H,2,11H2,1H3,(H,19,21). The predicted octanol–water partition coefficient (Wildman–Crippen LogP) is 4.28. The monoisotopic (exact) mass is 328 g/mol. The maximum Gasteiger partial charge on any atom is 0.219 e. The van der Waals surface area contributed by atoms with Crippen molar-refractivity contribution in [3.8, 4) is 11.6 Å². The minimum absolute atomic E-state index is 0.550. The van der Waals surface area contributed by atoms with Gasteiger partial charge in [0.2, 0.25) is 5.88 Å². The van der Waals surface area contributed by atoms with Gasteiger partial charge in [0.25, 0.3) is 0 Å². The number of anilines is 1. The Balaban J connectivity index is 1.69. The van der Waals surface area contributed by atoms with Crippen LogP contribution in [0.2, 0.25) is 5.02 Å². The second kappa shape index (κ2) is 7.15. The molecule has 0 saturated carbocycles. The molecular weight excluding hydrogens is 312 g/mol. The van der Waals surface area contributed by atoms with E-state index in [2.05, 4.69) is 26.8 Å². The second-order valence-corrected chi connectivity index (χ2v) is 5.44. The van der Waals surface area contributed by atoms with Crippen molar-refractivity contribution in [2.45, 2.75) is 13.5 Å². The number of benzene rings is 1. The second-order valence-electron chi connectivity index (χ2n) is 5.00. The summed E-state index contributed by atoms with van der Waals surface area (Å²) in [6.45, 7) is 3.74. The van der Waals surface area contributed by atoms with Gasteiger partial charge >= 0.3 is 0 Å². The molecule has 2 aromatic heterocycles. The van der Waals surface area contributed by atoms with Gasteiger partial charge in [0, 0.05) is 23.8 Å². The van der Waals surface area contributed by atoms with Gasteiger partial charge in [0.1, 0.15) is 5.75 Å². The average Bonchev–Trinajstić information content (AvgIpc) is 3.09. The highest BCUT2D eigenvalue weighted by Crippen LogP contribution is 2.23. The van der Waals surface area contributed by atoms with Crippen LogP contribution in [0.3, 0.4) is 0 Å². The normalized spacial score (nSPS) is 10.5. The van der Waals surface area contributed by atoms with Crippen molar-refractivity contribution < 1.29 is 4.74 Å². The number of rotatable bonds is 6. The Morgan fingerprint density at radius 3 is 2.57 bits per heavy atom. The summed E-state index contributed by atoms with van der Waals surface area (Å²) < 4.78 is 5.70. The number of nitrogens with one attached hydrogen (secondary N) is 1. The number of imidazole rings is 1. The molecule has 0 aliphatic heterocycles. The van der Waals surface area contributed by atoms with Crippen molar-refractivity contribution in [2.75, 3.05) is 11.4 Å². The molecule has 118 valence electrons. The summed E-state index contributed by atoms with van der Waals surface area (Å²) in [5.41, 5.74) is 2.10. The van der Waals surface area contributed by atoms with Crippen LogP contribution >= 0.6 is 11.6 Å². The highest BCUT2D eigenvalue weighted by Gasteiger charge is 2.07. The van der Waals surface area contributed by atoms with Gasteiger partial charge in [-0.25, -0.2) is 9.97 Å². The Morgan fingerprint density at radius 2 is 1.96 bits per heavy atom. The molecule has 1 aromatic carbocycles. The third kappa shape index (κ3) is 4.02. The van der Waals surface area contributed by atoms with Gasteiger partial charge in [0.15, 0.2) is 0 Å². The molecule has 23 heavy (non-hydrogen) atoms. The van der Waals surface area contributed by atoms with Crippen LogP contribution in [0.15, 0.2) is 55.1 Å². The number of pyridine rings is 1. The molecule has 3 aromatic rings. The number of aromatic amines is 1. The lowest BCUT2D eigenvalue weighted by molar-refractivity contribution is 0.463. The van der Waals surface area contributed by atoms with E-state index < -0.39 is 0 Å². The lowest BCUT2D eigenvalue weighted by atomic mass is 10.3. The summed E-state index contributed by atoms with van der Waals surface area (Å²) in [6.07, 6.45) is 5.32. The first-order valence-corrected chi connectivity index (χ1v) is 7.74. The fourth-order valence-electron chi connectivity index (χ4n) is 2.21. The van der Waals surface area contributed by atoms with Gasteiger partial charge in [-0.15, -0.1) is 0 Å². The molecular formula is C17H17ClN4O. The number of hydrogen-bond acceptors (Lipinski definition) is 4. The quantitative estimate of drug-likeness (QED) is 0.734. The molecule has 6 heteroatoms. The number of ether oxygens (including phenoxy) is 1. The number of H-pyrrole nitrogens is 1. The number of hydrogen-bond donors (Lipinski definition) is 1. The van der Waals surface area contributed by atoms with Crippen LogP contribution in [-0.2, 0) is 6.54 Å². The Kier molecular flexibility index (Phi) is 4.78. The van der Waals surface area contributed by atoms with E-state index in [0.717, 1.165) is 24.5 Å². The molecule has 3 rings (SSSR count). The van der Waals surface area contributed by atoms with E-state index in [4.69, 9.17) is 16.3 Å². The molecule has 1 N–H and O–H groups in total. The Bertz CT molecular complexity index is 726. The van der Waals surface area contributed by atoms with Crippen molar-refractivity contribution in [3.63, 3.8) is 0 Å². The molecule has 0 amide bonds. The third-order valence-electron chi connectivity index (χ3n) is 3.42. The van der Waals surface area contributed by atoms with E-state index in [0.29, 0.717) is 16.7 Å². The molecule has 0 radical (unpaired) electrons. The first-order valence-electron chi connectivity index (χ1n) is 7.36. The zero-order valence-electron chi connectivity index (χ0n) is 12.7. The van der Waals surface area contributed by atoms with Crippen LogP contribution in [0.1, 0.15) is 12.6 Å². The minimum atomic E-state index is 0.550. The summed E-state index contributed by atoms with van der Waals surface area (Å²) in [5, 5.41) is 0.679. The Hall–Kier alpha value is -2.53. The molecule has 0 saturated heterocycles. The van der Waals surface area contributed by atoms with Gasteiger partial charge < -0.3 is 14.6 Å². The van der Waals surface area contributed by atoms with Crippen molar-refractivity contribution in [1.82, 2.24) is 15.0 Å². The van der Waals surface area contributed by atoms with E-state index in [1.165, 1.54) is 0 Å². The lowest BCUT2D eigenvalue weighted by Gasteiger charge is -2.22. The van der Waals surface area contributed by atoms with Crippen LogP contribution in [-0.4, -0.2) is 21.5 Å². The smallest absolute Gasteiger partial charge is 0.219 e. The molecule has 5 nitrogen and oxygen atoms in total. The fourth-order valence-corrected chi connectivity index (χ4v) is 2.33. The maximum atomic E-state index is 5.86. The van der Waals surface area contributed by atoms with E-state index in [9.17, 15) is 0 Å². The fraction of sp³-hybridized carbons (Fsp3) is 0.176. The van der Waals surface area contributed by atoms with Crippen LogP contribution in [0.25, 0.3) is 0 Å². The van der Waals surface area contributed by atoms with Gasteiger partial charge in [-0.05, 0) is 37.3 Å². The topological polar surface area (TPSA) is 54.0 Å². The first kappa shape index (κ1) is 15.4. The van der Waals surface area contributed by atoms with Gasteiger partial charge in [-0.3, -0.25) is 0 Å². The molecule has 2 heterocycles. The first-order chi connectivity index (χ1) is 11.2. The largest absolute Gasteiger partial charge is 0.439 e. The van der Waals surface area contributed by atoms with Gasteiger partial charge in [-0.1, -0.05) is 11.6 Å². The number of nitrogens with zero attached hydrogens (tertiary/aromatic N) is 3. The third-order valence-corrected chi connectivity index (χ3v) is 3.67. The van der Waals surface area contributed by atoms with Gasteiger partial charge in [-0.2, -0.15) is 0 Å². The van der Waals surface area contributed by atoms with Crippen LogP contribution < -0.4 is 9.64 Å². The van der Waals surface area contributed by atoms with Crippen molar-refractivity contribution in [1.29, 1.82) is 0 Å². The summed E-state index contributed by atoms with van der Waals surface area (Å²) >= 11 is 5.86. The minimum Gasteiger partial charge on any atom is -0.439 e. The summed E-state index contributed by atoms with van der Waals surface area (Å²) in [7, 11) is 0. The van der Waals surface area contributed by atoms with Crippen LogP contribution in [0.4, 0.5) is 5.69 Å². The average molecular weight is 329 g/mol. The number of halogens is 1. The maximum absolute atomic E-state index is 5.86. The number of aromatic nitrogens is 3. The molecule has 0 spiro atoms. The van der Waals surface area contributed by atoms with Crippen molar-refractivity contribution in [3.05, 3.63) is 65.8 Å². The highest BCUT2D eigenvalue weighted by molar-refractivity contribution is 6.30. The molecule has 0 bridgehead atoms. The lowest BCUT2D eigenvalue weighted by Crippen LogP contribution is -2.22. The van der Waals surface area contributed by atoms with E-state index in [1.54, 1.807) is 18.5 Å². The van der Waals surface area contributed by atoms with Crippen molar-refractivity contribution in [2.24, 2.45) is 0 Å². The zero-order valence-corrected chi connectivity index (χ0v) is 13.5. The van der Waals surface area contributed by atoms with Gasteiger partial charge in [0.05, 0.1) is 30.5 Å². The summed E-state index contributed by atoms with van der Waals surface area (Å²) in [6, 6.07) is 11.1. The zero-order chi connectivity index (χ0) is 16.1. The van der Waals surface area contributed by atoms with E-state index >= 15 is 0 Å². The van der Waals surface area contributed by atoms with Crippen molar-refractivity contribution >= 4 is 17.3 Å². The van der Waals surface area contributed by atoms with Crippen LogP contribution in [0, 0.1) is 0 Å².